The molecule has 0 spiro atoms. The molecule has 0 saturated heterocycles. The third-order valence-electron chi connectivity index (χ3n) is 2.48. The fourth-order valence-corrected chi connectivity index (χ4v) is 1.84. The van der Waals surface area contributed by atoms with Gasteiger partial charge in [-0.05, 0) is 0 Å². The smallest absolute Gasteiger partial charge is 0.288 e. The van der Waals surface area contributed by atoms with Crippen LogP contribution in [0.5, 0.6) is 0 Å². The van der Waals surface area contributed by atoms with Crippen LogP contribution in [0.1, 0.15) is 0 Å². The molecule has 0 bridgehead atoms. The first-order valence-electron chi connectivity index (χ1n) is 4.48. The molecule has 96 valence electrons. The molecule has 0 saturated carbocycles. The van der Waals surface area contributed by atoms with Gasteiger partial charge in [0.15, 0.2) is 23.3 Å². The van der Waals surface area contributed by atoms with Crippen molar-refractivity contribution in [1.29, 1.82) is 0 Å². The average Bonchev–Trinajstić information content (AvgIpc) is 2.35. The number of aryl methyl sites for hydroxylation is 1. The molecule has 0 aliphatic heterocycles. The zero-order chi connectivity index (χ0) is 13.8. The summed E-state index contributed by atoms with van der Waals surface area (Å²) in [7, 11) is 0.879. The Kier molecular flexibility index (Phi) is 2.81. The van der Waals surface area contributed by atoms with Crippen LogP contribution in [0.2, 0.25) is 5.02 Å². The van der Waals surface area contributed by atoms with Crippen molar-refractivity contribution in [2.45, 2.75) is 0 Å². The first-order valence-corrected chi connectivity index (χ1v) is 4.86. The SMILES string of the molecule is Cn1c(=O)c(F)c(Cl)c2c(F)c(F)c(F)c(F)c21. The van der Waals surface area contributed by atoms with Gasteiger partial charge in [0.25, 0.3) is 5.56 Å². The fraction of sp³-hybridized carbons (Fsp3) is 0.100. The van der Waals surface area contributed by atoms with Gasteiger partial charge in [-0.3, -0.25) is 4.79 Å². The van der Waals surface area contributed by atoms with Crippen LogP contribution in [0.3, 0.4) is 0 Å². The summed E-state index contributed by atoms with van der Waals surface area (Å²) in [5, 5.41) is -2.11. The van der Waals surface area contributed by atoms with Crippen LogP contribution in [0.15, 0.2) is 4.79 Å². The van der Waals surface area contributed by atoms with E-state index in [2.05, 4.69) is 0 Å². The third kappa shape index (κ3) is 1.43. The number of nitrogens with zero attached hydrogens (tertiary/aromatic N) is 1. The van der Waals surface area contributed by atoms with Crippen LogP contribution < -0.4 is 5.56 Å². The van der Waals surface area contributed by atoms with Crippen LogP contribution in [0.25, 0.3) is 10.9 Å². The summed E-state index contributed by atoms with van der Waals surface area (Å²) in [6.07, 6.45) is 0. The van der Waals surface area contributed by atoms with Crippen molar-refractivity contribution in [2.75, 3.05) is 0 Å². The van der Waals surface area contributed by atoms with Crippen LogP contribution >= 0.6 is 11.6 Å². The Balaban J connectivity index is 3.27. The number of benzene rings is 1. The Morgan fingerprint density at radius 3 is 1.94 bits per heavy atom. The van der Waals surface area contributed by atoms with Gasteiger partial charge in [0.2, 0.25) is 5.82 Å². The molecule has 2 nitrogen and oxygen atoms in total. The van der Waals surface area contributed by atoms with Gasteiger partial charge in [-0.1, -0.05) is 11.6 Å². The number of hydrogen-bond donors (Lipinski definition) is 0. The van der Waals surface area contributed by atoms with E-state index in [4.69, 9.17) is 11.6 Å². The Bertz CT molecular complexity index is 740. The van der Waals surface area contributed by atoms with Gasteiger partial charge >= 0.3 is 0 Å². The molecule has 0 amide bonds. The maximum absolute atomic E-state index is 13.5. The van der Waals surface area contributed by atoms with Gasteiger partial charge in [-0.2, -0.15) is 4.39 Å². The number of hydrogen-bond acceptors (Lipinski definition) is 1. The molecule has 8 heteroatoms. The van der Waals surface area contributed by atoms with Crippen molar-refractivity contribution in [3.63, 3.8) is 0 Å². The predicted octanol–water partition coefficient (Wildman–Crippen LogP) is 2.89. The van der Waals surface area contributed by atoms with Crippen LogP contribution in [0, 0.1) is 29.1 Å². The Hall–Kier alpha value is -1.63. The summed E-state index contributed by atoms with van der Waals surface area (Å²) in [5.74, 6) is -9.47. The molecule has 0 aliphatic rings. The van der Waals surface area contributed by atoms with Crippen molar-refractivity contribution in [3.05, 3.63) is 44.5 Å². The predicted molar refractivity (Wildman–Crippen MR) is 54.0 cm³/mol. The molecule has 0 fully saturated rings. The average molecular weight is 284 g/mol. The topological polar surface area (TPSA) is 22.0 Å². The zero-order valence-electron chi connectivity index (χ0n) is 8.62. The second-order valence-corrected chi connectivity index (χ2v) is 3.85. The van der Waals surface area contributed by atoms with Crippen molar-refractivity contribution in [3.8, 4) is 0 Å². The number of halogens is 6. The van der Waals surface area contributed by atoms with Crippen molar-refractivity contribution < 1.29 is 22.0 Å². The molecule has 2 rings (SSSR count). The van der Waals surface area contributed by atoms with Crippen LogP contribution in [-0.4, -0.2) is 4.57 Å². The normalized spacial score (nSPS) is 11.3. The van der Waals surface area contributed by atoms with Gasteiger partial charge < -0.3 is 4.57 Å². The van der Waals surface area contributed by atoms with Crippen molar-refractivity contribution in [1.82, 2.24) is 4.57 Å². The second-order valence-electron chi connectivity index (χ2n) is 3.47. The second kappa shape index (κ2) is 3.94. The molecule has 0 unspecified atom stereocenters. The van der Waals surface area contributed by atoms with Gasteiger partial charge in [0.05, 0.1) is 15.9 Å². The maximum atomic E-state index is 13.5. The molecular formula is C10H3ClF5NO. The Labute approximate surface area is 101 Å². The summed E-state index contributed by atoms with van der Waals surface area (Å²) in [5.41, 5.74) is -2.32. The standard InChI is InChI=1S/C10H3ClF5NO/c1-17-9-2(3(11)5(13)10(17)18)4(12)6(14)7(15)8(9)16/h1H3. The lowest BCUT2D eigenvalue weighted by atomic mass is 10.1. The molecule has 0 radical (unpaired) electrons. The molecule has 2 aromatic rings. The number of rotatable bonds is 0. The minimum atomic E-state index is -2.13. The molecule has 0 atom stereocenters. The van der Waals surface area contributed by atoms with E-state index in [0.29, 0.717) is 4.57 Å². The third-order valence-corrected chi connectivity index (χ3v) is 2.84. The Morgan fingerprint density at radius 2 is 1.39 bits per heavy atom. The van der Waals surface area contributed by atoms with Crippen LogP contribution in [0.4, 0.5) is 22.0 Å². The fourth-order valence-electron chi connectivity index (χ4n) is 1.59. The Morgan fingerprint density at radius 1 is 0.889 bits per heavy atom. The molecule has 18 heavy (non-hydrogen) atoms. The highest BCUT2D eigenvalue weighted by molar-refractivity contribution is 6.35. The summed E-state index contributed by atoms with van der Waals surface area (Å²) in [6.45, 7) is 0. The maximum Gasteiger partial charge on any atom is 0.288 e. The van der Waals surface area contributed by atoms with E-state index in [9.17, 15) is 26.7 Å². The van der Waals surface area contributed by atoms with E-state index in [1.54, 1.807) is 0 Å². The first kappa shape index (κ1) is 12.8. The highest BCUT2D eigenvalue weighted by Crippen LogP contribution is 2.31. The van der Waals surface area contributed by atoms with E-state index >= 15 is 0 Å². The molecule has 0 aliphatic carbocycles. The van der Waals surface area contributed by atoms with E-state index in [1.807, 2.05) is 0 Å². The van der Waals surface area contributed by atoms with E-state index in [-0.39, 0.29) is 0 Å². The van der Waals surface area contributed by atoms with Crippen molar-refractivity contribution >= 4 is 22.5 Å². The lowest BCUT2D eigenvalue weighted by Gasteiger charge is -2.10. The summed E-state index contributed by atoms with van der Waals surface area (Å²) in [6, 6.07) is 0. The molecule has 1 aromatic carbocycles. The lowest BCUT2D eigenvalue weighted by Crippen LogP contribution is -2.23. The van der Waals surface area contributed by atoms with E-state index in [0.717, 1.165) is 7.05 Å². The van der Waals surface area contributed by atoms with Gasteiger partial charge in [-0.15, -0.1) is 0 Å². The van der Waals surface area contributed by atoms with E-state index < -0.39 is 50.6 Å². The monoisotopic (exact) mass is 283 g/mol. The molecule has 1 heterocycles. The summed E-state index contributed by atoms with van der Waals surface area (Å²) < 4.78 is 66.6. The van der Waals surface area contributed by atoms with Gasteiger partial charge in [-0.25, -0.2) is 17.6 Å². The first-order chi connectivity index (χ1) is 8.29. The minimum absolute atomic E-state index is 0.317. The largest absolute Gasteiger partial charge is 0.306 e. The number of fused-ring (bicyclic) bond motifs is 1. The molecule has 0 N–H and O–H groups in total. The summed E-state index contributed by atoms with van der Waals surface area (Å²) >= 11 is 5.32. The molecule has 1 aromatic heterocycles. The van der Waals surface area contributed by atoms with E-state index in [1.165, 1.54) is 0 Å². The summed E-state index contributed by atoms with van der Waals surface area (Å²) in [4.78, 5) is 11.3. The highest BCUT2D eigenvalue weighted by atomic mass is 35.5. The number of pyridine rings is 1. The molecular weight excluding hydrogens is 281 g/mol. The van der Waals surface area contributed by atoms with Gasteiger partial charge in [0.1, 0.15) is 0 Å². The van der Waals surface area contributed by atoms with Gasteiger partial charge in [0, 0.05) is 7.05 Å². The quantitative estimate of drug-likeness (QED) is 0.414. The lowest BCUT2D eigenvalue weighted by molar-refractivity contribution is 0.415. The highest BCUT2D eigenvalue weighted by Gasteiger charge is 2.26. The number of aromatic nitrogens is 1. The minimum Gasteiger partial charge on any atom is -0.306 e. The van der Waals surface area contributed by atoms with Crippen molar-refractivity contribution in [2.24, 2.45) is 7.05 Å². The zero-order valence-corrected chi connectivity index (χ0v) is 9.38. The van der Waals surface area contributed by atoms with Crippen LogP contribution in [-0.2, 0) is 7.05 Å².